The van der Waals surface area contributed by atoms with Gasteiger partial charge < -0.3 is 0 Å². The summed E-state index contributed by atoms with van der Waals surface area (Å²) in [5, 5.41) is 3.11. The zero-order valence-corrected chi connectivity index (χ0v) is 18.6. The minimum Gasteiger partial charge on any atom is -0.0622 e. The van der Waals surface area contributed by atoms with E-state index in [-0.39, 0.29) is 15.8 Å². The van der Waals surface area contributed by atoms with Crippen LogP contribution in [0.5, 0.6) is 0 Å². The van der Waals surface area contributed by atoms with Crippen molar-refractivity contribution in [2.45, 2.75) is 23.6 Å². The second-order valence-corrected chi connectivity index (χ2v) is 12.9. The van der Waals surface area contributed by atoms with E-state index >= 15 is 0 Å². The molecule has 0 radical (unpaired) electrons. The molecule has 0 aromatic heterocycles. The molecular formula is C28H24P2. The molecule has 0 bridgehead atoms. The average molecular weight is 422 g/mol. The number of rotatable bonds is 3. The van der Waals surface area contributed by atoms with Gasteiger partial charge in [0.25, 0.3) is 0 Å². The van der Waals surface area contributed by atoms with Gasteiger partial charge in [-0.25, -0.2) is 0 Å². The number of hydrogen-bond donors (Lipinski definition) is 0. The summed E-state index contributed by atoms with van der Waals surface area (Å²) in [7, 11) is -0.534. The van der Waals surface area contributed by atoms with Gasteiger partial charge in [0.2, 0.25) is 0 Å². The van der Waals surface area contributed by atoms with Crippen LogP contribution in [0.15, 0.2) is 109 Å². The largest absolute Gasteiger partial charge is 0.0622 e. The molecule has 2 aliphatic rings. The molecular weight excluding hydrogens is 398 g/mol. The summed E-state index contributed by atoms with van der Waals surface area (Å²) in [6.07, 6.45) is 2.44. The fourth-order valence-corrected chi connectivity index (χ4v) is 12.2. The molecule has 4 aromatic carbocycles. The SMILES string of the molecule is c1ccc([P@@]2Cc3ccccc3[C@H]2[C@@H]2c3ccccc3C[P@]2c2ccccc2)cc1. The van der Waals surface area contributed by atoms with E-state index in [1.165, 1.54) is 12.3 Å². The Hall–Kier alpha value is -2.26. The average Bonchev–Trinajstić information content (AvgIpc) is 3.38. The summed E-state index contributed by atoms with van der Waals surface area (Å²) in [4.78, 5) is 0. The van der Waals surface area contributed by atoms with Gasteiger partial charge in [-0.3, -0.25) is 0 Å². The Morgan fingerprint density at radius 1 is 0.433 bits per heavy atom. The molecule has 6 rings (SSSR count). The van der Waals surface area contributed by atoms with Crippen molar-refractivity contribution in [2.75, 3.05) is 0 Å². The minimum absolute atomic E-state index is 0.267. The molecule has 0 saturated heterocycles. The molecule has 2 heterocycles. The third kappa shape index (κ3) is 3.06. The predicted molar refractivity (Wildman–Crippen MR) is 132 cm³/mol. The van der Waals surface area contributed by atoms with Crippen molar-refractivity contribution in [1.29, 1.82) is 0 Å². The monoisotopic (exact) mass is 422 g/mol. The normalized spacial score (nSPS) is 24.4. The van der Waals surface area contributed by atoms with Crippen LogP contribution < -0.4 is 10.6 Å². The second-order valence-electron chi connectivity index (χ2n) is 8.21. The van der Waals surface area contributed by atoms with E-state index in [1.807, 2.05) is 0 Å². The summed E-state index contributed by atoms with van der Waals surface area (Å²) in [6, 6.07) is 41.2. The van der Waals surface area contributed by atoms with E-state index < -0.39 is 0 Å². The molecule has 0 spiro atoms. The van der Waals surface area contributed by atoms with Gasteiger partial charge >= 0.3 is 0 Å². The maximum atomic E-state index is 2.42. The lowest BCUT2D eigenvalue weighted by Crippen LogP contribution is -2.13. The van der Waals surface area contributed by atoms with Gasteiger partial charge in [0.1, 0.15) is 0 Å². The quantitative estimate of drug-likeness (QED) is 0.309. The summed E-state index contributed by atoms with van der Waals surface area (Å²) in [6.45, 7) is 0. The minimum atomic E-state index is -0.267. The van der Waals surface area contributed by atoms with Crippen LogP contribution in [0.25, 0.3) is 0 Å². The van der Waals surface area contributed by atoms with Crippen molar-refractivity contribution in [2.24, 2.45) is 0 Å². The maximum absolute atomic E-state index is 2.42. The summed E-state index contributed by atoms with van der Waals surface area (Å²) in [5.74, 6) is 0. The molecule has 0 aliphatic carbocycles. The van der Waals surface area contributed by atoms with Crippen LogP contribution in [0.1, 0.15) is 33.6 Å². The van der Waals surface area contributed by atoms with Crippen molar-refractivity contribution < 1.29 is 0 Å². The van der Waals surface area contributed by atoms with E-state index in [9.17, 15) is 0 Å². The zero-order valence-electron chi connectivity index (χ0n) is 16.9. The van der Waals surface area contributed by atoms with Crippen molar-refractivity contribution in [3.05, 3.63) is 131 Å². The molecule has 2 heteroatoms. The second kappa shape index (κ2) is 7.77. The zero-order chi connectivity index (χ0) is 19.9. The molecule has 4 atom stereocenters. The van der Waals surface area contributed by atoms with Gasteiger partial charge in [-0.05, 0) is 45.2 Å². The Morgan fingerprint density at radius 2 is 0.800 bits per heavy atom. The van der Waals surface area contributed by atoms with Gasteiger partial charge in [-0.2, -0.15) is 0 Å². The highest BCUT2D eigenvalue weighted by Crippen LogP contribution is 2.74. The van der Waals surface area contributed by atoms with Gasteiger partial charge in [0, 0.05) is 11.3 Å². The van der Waals surface area contributed by atoms with Crippen molar-refractivity contribution in [1.82, 2.24) is 0 Å². The lowest BCUT2D eigenvalue weighted by Gasteiger charge is -2.33. The maximum Gasteiger partial charge on any atom is 0.0199 e. The first-order valence-corrected chi connectivity index (χ1v) is 13.9. The van der Waals surface area contributed by atoms with Crippen LogP contribution in [-0.4, -0.2) is 0 Å². The number of hydrogen-bond acceptors (Lipinski definition) is 0. The number of fused-ring (bicyclic) bond motifs is 2. The standard InChI is InChI=1S/C28H24P2/c1-3-13-23(14-4-1)29-19-21-11-7-9-17-25(21)27(29)28-26-18-10-8-12-22(26)20-30(28)24-15-5-2-6-16-24/h1-18,27-28H,19-20H2/t27-,28-,29+,30+/m0/s1. The highest BCUT2D eigenvalue weighted by molar-refractivity contribution is 7.69. The van der Waals surface area contributed by atoms with Gasteiger partial charge in [0.15, 0.2) is 0 Å². The molecule has 4 aromatic rings. The summed E-state index contributed by atoms with van der Waals surface area (Å²) >= 11 is 0. The molecule has 0 fully saturated rings. The molecule has 0 amide bonds. The van der Waals surface area contributed by atoms with Crippen LogP contribution in [0, 0.1) is 0 Å². The van der Waals surface area contributed by atoms with Crippen LogP contribution in [0.2, 0.25) is 0 Å². The van der Waals surface area contributed by atoms with Gasteiger partial charge in [-0.1, -0.05) is 125 Å². The lowest BCUT2D eigenvalue weighted by molar-refractivity contribution is 0.903. The third-order valence-electron chi connectivity index (χ3n) is 6.58. The van der Waals surface area contributed by atoms with Crippen LogP contribution in [0.3, 0.4) is 0 Å². The van der Waals surface area contributed by atoms with Crippen LogP contribution >= 0.6 is 15.8 Å². The molecule has 0 saturated carbocycles. The van der Waals surface area contributed by atoms with Crippen LogP contribution in [-0.2, 0) is 12.3 Å². The summed E-state index contributed by atoms with van der Waals surface area (Å²) in [5.41, 5.74) is 7.58. The van der Waals surface area contributed by atoms with E-state index in [4.69, 9.17) is 0 Å². The predicted octanol–water partition coefficient (Wildman–Crippen LogP) is 7.11. The summed E-state index contributed by atoms with van der Waals surface area (Å²) < 4.78 is 0. The Labute approximate surface area is 181 Å². The number of benzene rings is 4. The van der Waals surface area contributed by atoms with E-state index in [0.717, 1.165) is 0 Å². The van der Waals surface area contributed by atoms with Crippen LogP contribution in [0.4, 0.5) is 0 Å². The third-order valence-corrected chi connectivity index (χ3v) is 12.6. The molecule has 30 heavy (non-hydrogen) atoms. The highest BCUT2D eigenvalue weighted by atomic mass is 31.1. The first-order chi connectivity index (χ1) is 14.9. The molecule has 0 nitrogen and oxygen atoms in total. The van der Waals surface area contributed by atoms with Crippen molar-refractivity contribution in [3.8, 4) is 0 Å². The Morgan fingerprint density at radius 3 is 1.23 bits per heavy atom. The van der Waals surface area contributed by atoms with Gasteiger partial charge in [-0.15, -0.1) is 0 Å². The van der Waals surface area contributed by atoms with Crippen molar-refractivity contribution >= 4 is 26.5 Å². The lowest BCUT2D eigenvalue weighted by atomic mass is 9.98. The highest BCUT2D eigenvalue weighted by Gasteiger charge is 2.45. The van der Waals surface area contributed by atoms with Gasteiger partial charge in [0.05, 0.1) is 0 Å². The first kappa shape index (κ1) is 18.5. The van der Waals surface area contributed by atoms with Crippen molar-refractivity contribution in [3.63, 3.8) is 0 Å². The fraction of sp³-hybridized carbons (Fsp3) is 0.143. The molecule has 0 N–H and O–H groups in total. The van der Waals surface area contributed by atoms with E-state index in [0.29, 0.717) is 11.3 Å². The Kier molecular flexibility index (Phi) is 4.79. The first-order valence-electron chi connectivity index (χ1n) is 10.7. The fourth-order valence-electron chi connectivity index (χ4n) is 5.26. The molecule has 146 valence electrons. The molecule has 0 unspecified atom stereocenters. The Balaban J connectivity index is 1.54. The van der Waals surface area contributed by atoms with E-state index in [1.54, 1.807) is 32.9 Å². The topological polar surface area (TPSA) is 0 Å². The smallest absolute Gasteiger partial charge is 0.0199 e. The molecule has 2 aliphatic heterocycles. The van der Waals surface area contributed by atoms with E-state index in [2.05, 4.69) is 109 Å². The Bertz CT molecular complexity index is 1070.